The number of nitrogens with one attached hydrogen (secondary N) is 2. The zero-order chi connectivity index (χ0) is 14.5. The Bertz CT molecular complexity index is 327. The smallest absolute Gasteiger partial charge is 0.317 e. The van der Waals surface area contributed by atoms with Gasteiger partial charge in [-0.1, -0.05) is 12.8 Å². The average molecular weight is 282 g/mol. The molecule has 0 unspecified atom stereocenters. The summed E-state index contributed by atoms with van der Waals surface area (Å²) in [6.07, 6.45) is 4.19. The van der Waals surface area contributed by atoms with Crippen molar-refractivity contribution in [2.24, 2.45) is 0 Å². The molecule has 2 saturated heterocycles. The Balaban J connectivity index is 1.35. The molecule has 2 fully saturated rings. The SMILES string of the molecule is C[C@@H]1CN1C(=O)NCCCCCCNC(=O)N1C[C@H]1C. The molecule has 0 aliphatic carbocycles. The van der Waals surface area contributed by atoms with Crippen LogP contribution in [0.3, 0.4) is 0 Å². The van der Waals surface area contributed by atoms with Crippen LogP contribution in [0.4, 0.5) is 9.59 Å². The summed E-state index contributed by atoms with van der Waals surface area (Å²) in [6, 6.07) is 0.974. The third kappa shape index (κ3) is 4.58. The van der Waals surface area contributed by atoms with E-state index in [4.69, 9.17) is 0 Å². The lowest BCUT2D eigenvalue weighted by atomic mass is 10.2. The third-order valence-corrected chi connectivity index (χ3v) is 3.90. The lowest BCUT2D eigenvalue weighted by Gasteiger charge is -2.07. The van der Waals surface area contributed by atoms with Gasteiger partial charge in [-0.05, 0) is 26.7 Å². The number of hydrogen-bond acceptors (Lipinski definition) is 2. The van der Waals surface area contributed by atoms with E-state index in [2.05, 4.69) is 10.6 Å². The van der Waals surface area contributed by atoms with Crippen LogP contribution in [0.25, 0.3) is 0 Å². The fourth-order valence-corrected chi connectivity index (χ4v) is 2.24. The molecular formula is C14H26N4O2. The Kier molecular flexibility index (Phi) is 5.09. The third-order valence-electron chi connectivity index (χ3n) is 3.90. The van der Waals surface area contributed by atoms with Crippen LogP contribution in [-0.2, 0) is 0 Å². The normalized spacial score (nSPS) is 23.5. The van der Waals surface area contributed by atoms with Crippen LogP contribution in [0, 0.1) is 0 Å². The van der Waals surface area contributed by atoms with Crippen LogP contribution in [0.2, 0.25) is 0 Å². The summed E-state index contributed by atoms with van der Waals surface area (Å²) in [4.78, 5) is 26.6. The first-order chi connectivity index (χ1) is 9.59. The van der Waals surface area contributed by atoms with Gasteiger partial charge in [0.15, 0.2) is 0 Å². The van der Waals surface area contributed by atoms with E-state index >= 15 is 0 Å². The van der Waals surface area contributed by atoms with Crippen molar-refractivity contribution < 1.29 is 9.59 Å². The van der Waals surface area contributed by atoms with E-state index in [0.717, 1.165) is 51.9 Å². The first-order valence-electron chi connectivity index (χ1n) is 7.68. The van der Waals surface area contributed by atoms with E-state index in [9.17, 15) is 9.59 Å². The van der Waals surface area contributed by atoms with E-state index in [1.807, 2.05) is 23.6 Å². The minimum absolute atomic E-state index is 0.0670. The van der Waals surface area contributed by atoms with Crippen molar-refractivity contribution in [1.29, 1.82) is 0 Å². The molecule has 0 radical (unpaired) electrons. The first-order valence-corrected chi connectivity index (χ1v) is 7.68. The van der Waals surface area contributed by atoms with Gasteiger partial charge in [0, 0.05) is 38.3 Å². The molecular weight excluding hydrogens is 256 g/mol. The molecule has 2 rings (SSSR count). The maximum Gasteiger partial charge on any atom is 0.317 e. The van der Waals surface area contributed by atoms with Crippen LogP contribution in [0.1, 0.15) is 39.5 Å². The lowest BCUT2D eigenvalue weighted by Crippen LogP contribution is -2.30. The highest BCUT2D eigenvalue weighted by atomic mass is 16.2. The molecule has 2 atom stereocenters. The number of hydrogen-bond donors (Lipinski definition) is 2. The average Bonchev–Trinajstić information content (AvgIpc) is 3.31. The van der Waals surface area contributed by atoms with Crippen LogP contribution < -0.4 is 10.6 Å². The zero-order valence-corrected chi connectivity index (χ0v) is 12.5. The van der Waals surface area contributed by atoms with E-state index in [1.54, 1.807) is 0 Å². The summed E-state index contributed by atoms with van der Waals surface area (Å²) in [6.45, 7) is 7.38. The molecule has 2 N–H and O–H groups in total. The molecule has 0 aromatic carbocycles. The van der Waals surface area contributed by atoms with Gasteiger partial charge in [0.25, 0.3) is 0 Å². The van der Waals surface area contributed by atoms with Gasteiger partial charge in [-0.2, -0.15) is 0 Å². The van der Waals surface area contributed by atoms with E-state index in [1.165, 1.54) is 0 Å². The predicted octanol–water partition coefficient (Wildman–Crippen LogP) is 1.37. The summed E-state index contributed by atoms with van der Waals surface area (Å²) in [5, 5.41) is 5.85. The highest BCUT2D eigenvalue weighted by Gasteiger charge is 2.34. The number of carbonyl (C=O) groups is 2. The van der Waals surface area contributed by atoms with Gasteiger partial charge < -0.3 is 20.4 Å². The second kappa shape index (κ2) is 6.81. The fraction of sp³-hybridized carbons (Fsp3) is 0.857. The Morgan fingerprint density at radius 2 is 1.20 bits per heavy atom. The summed E-state index contributed by atoms with van der Waals surface area (Å²) in [5.74, 6) is 0. The fourth-order valence-electron chi connectivity index (χ4n) is 2.24. The monoisotopic (exact) mass is 282 g/mol. The zero-order valence-electron chi connectivity index (χ0n) is 12.5. The Hall–Kier alpha value is -1.46. The number of unbranched alkanes of at least 4 members (excludes halogenated alkanes) is 3. The number of nitrogens with zero attached hydrogens (tertiary/aromatic N) is 2. The molecule has 6 heteroatoms. The minimum atomic E-state index is 0.0670. The maximum absolute atomic E-state index is 11.5. The van der Waals surface area contributed by atoms with Crippen LogP contribution >= 0.6 is 0 Å². The topological polar surface area (TPSA) is 64.2 Å². The summed E-state index contributed by atoms with van der Waals surface area (Å²) in [5.41, 5.74) is 0. The molecule has 20 heavy (non-hydrogen) atoms. The second-order valence-electron chi connectivity index (χ2n) is 5.88. The Morgan fingerprint density at radius 1 is 0.850 bits per heavy atom. The number of carbonyl (C=O) groups excluding carboxylic acids is 2. The predicted molar refractivity (Wildman–Crippen MR) is 77.6 cm³/mol. The van der Waals surface area contributed by atoms with E-state index in [-0.39, 0.29) is 12.1 Å². The van der Waals surface area contributed by atoms with Gasteiger partial charge in [0.05, 0.1) is 0 Å². The van der Waals surface area contributed by atoms with Gasteiger partial charge in [-0.25, -0.2) is 9.59 Å². The summed E-state index contributed by atoms with van der Waals surface area (Å²) in [7, 11) is 0. The van der Waals surface area contributed by atoms with Crippen molar-refractivity contribution >= 4 is 12.1 Å². The van der Waals surface area contributed by atoms with E-state index in [0.29, 0.717) is 12.1 Å². The van der Waals surface area contributed by atoms with Gasteiger partial charge in [-0.3, -0.25) is 0 Å². The summed E-state index contributed by atoms with van der Waals surface area (Å²) < 4.78 is 0. The number of amides is 4. The molecule has 0 bridgehead atoms. The van der Waals surface area contributed by atoms with Crippen molar-refractivity contribution in [3.05, 3.63) is 0 Å². The Morgan fingerprint density at radius 3 is 1.50 bits per heavy atom. The van der Waals surface area contributed by atoms with Gasteiger partial charge >= 0.3 is 12.1 Å². The van der Waals surface area contributed by atoms with Crippen molar-refractivity contribution in [3.63, 3.8) is 0 Å². The molecule has 2 aliphatic heterocycles. The van der Waals surface area contributed by atoms with Crippen LogP contribution in [-0.4, -0.2) is 60.1 Å². The summed E-state index contributed by atoms with van der Waals surface area (Å²) >= 11 is 0. The van der Waals surface area contributed by atoms with E-state index < -0.39 is 0 Å². The second-order valence-corrected chi connectivity index (χ2v) is 5.88. The van der Waals surface area contributed by atoms with Crippen LogP contribution in [0.5, 0.6) is 0 Å². The molecule has 0 aromatic heterocycles. The lowest BCUT2D eigenvalue weighted by molar-refractivity contribution is 0.226. The molecule has 0 spiro atoms. The molecule has 4 amide bonds. The maximum atomic E-state index is 11.5. The van der Waals surface area contributed by atoms with Crippen LogP contribution in [0.15, 0.2) is 0 Å². The van der Waals surface area contributed by atoms with Gasteiger partial charge in [-0.15, -0.1) is 0 Å². The van der Waals surface area contributed by atoms with Crippen molar-refractivity contribution in [2.45, 2.75) is 51.6 Å². The van der Waals surface area contributed by atoms with Gasteiger partial charge in [0.2, 0.25) is 0 Å². The molecule has 2 aliphatic rings. The Labute approximate surface area is 120 Å². The largest absolute Gasteiger partial charge is 0.338 e. The number of urea groups is 2. The number of rotatable bonds is 7. The molecule has 6 nitrogen and oxygen atoms in total. The van der Waals surface area contributed by atoms with Crippen molar-refractivity contribution in [1.82, 2.24) is 20.4 Å². The van der Waals surface area contributed by atoms with Crippen molar-refractivity contribution in [3.8, 4) is 0 Å². The minimum Gasteiger partial charge on any atom is -0.338 e. The standard InChI is InChI=1S/C14H26N4O2/c1-11-9-17(11)13(19)15-7-5-3-4-6-8-16-14(20)18-10-12(18)2/h11-12H,3-10H2,1-2H3,(H,15,19)(H,16,20)/t11-,12-,17?,18?/m1/s1. The van der Waals surface area contributed by atoms with Crippen molar-refractivity contribution in [2.75, 3.05) is 26.2 Å². The quantitative estimate of drug-likeness (QED) is 0.547. The highest BCUT2D eigenvalue weighted by molar-refractivity contribution is 5.77. The first kappa shape index (κ1) is 14.9. The molecule has 0 aromatic rings. The highest BCUT2D eigenvalue weighted by Crippen LogP contribution is 2.16. The molecule has 114 valence electrons. The molecule has 0 saturated carbocycles. The molecule has 2 heterocycles. The van der Waals surface area contributed by atoms with Gasteiger partial charge in [0.1, 0.15) is 0 Å².